The fraction of sp³-hybridized carbons (Fsp3) is 0.375. The Kier molecular flexibility index (Phi) is 4.25. The molecule has 0 radical (unpaired) electrons. The predicted octanol–water partition coefficient (Wildman–Crippen LogP) is 3.00. The van der Waals surface area contributed by atoms with Crippen LogP contribution in [0.15, 0.2) is 40.6 Å². The molecule has 2 aromatic rings. The number of hydrogen-bond acceptors (Lipinski definition) is 4. The molecule has 0 saturated heterocycles. The molecule has 22 heavy (non-hydrogen) atoms. The van der Waals surface area contributed by atoms with Crippen molar-refractivity contribution in [3.05, 3.63) is 46.8 Å². The van der Waals surface area contributed by atoms with E-state index >= 15 is 0 Å². The minimum Gasteiger partial charge on any atom is -0.308 e. The predicted molar refractivity (Wildman–Crippen MR) is 91.0 cm³/mol. The van der Waals surface area contributed by atoms with Gasteiger partial charge in [-0.25, -0.2) is 8.42 Å². The molecule has 1 aliphatic heterocycles. The van der Waals surface area contributed by atoms with Crippen LogP contribution in [-0.2, 0) is 23.0 Å². The van der Waals surface area contributed by atoms with Crippen LogP contribution in [0.25, 0.3) is 0 Å². The van der Waals surface area contributed by atoms with Crippen molar-refractivity contribution in [2.45, 2.75) is 37.1 Å². The summed E-state index contributed by atoms with van der Waals surface area (Å²) in [6.45, 7) is 5.18. The first-order chi connectivity index (χ1) is 10.5. The van der Waals surface area contributed by atoms with Gasteiger partial charge in [-0.15, -0.1) is 11.3 Å². The molecule has 1 aromatic heterocycles. The Balaban J connectivity index is 2.08. The van der Waals surface area contributed by atoms with Gasteiger partial charge in [-0.05, 0) is 37.1 Å². The molecule has 1 unspecified atom stereocenters. The maximum absolute atomic E-state index is 13.1. The van der Waals surface area contributed by atoms with E-state index in [2.05, 4.69) is 5.32 Å². The minimum absolute atomic E-state index is 0.104. The molecule has 0 fully saturated rings. The highest BCUT2D eigenvalue weighted by atomic mass is 32.2. The van der Waals surface area contributed by atoms with Crippen molar-refractivity contribution >= 4 is 27.0 Å². The van der Waals surface area contributed by atoms with Gasteiger partial charge in [-0.1, -0.05) is 25.1 Å². The van der Waals surface area contributed by atoms with Crippen molar-refractivity contribution < 1.29 is 8.42 Å². The molecule has 0 saturated carbocycles. The molecule has 0 amide bonds. The lowest BCUT2D eigenvalue weighted by Crippen LogP contribution is -2.39. The number of aryl methyl sites for hydroxylation is 1. The number of rotatable bonds is 3. The van der Waals surface area contributed by atoms with Crippen LogP contribution >= 0.6 is 11.3 Å². The van der Waals surface area contributed by atoms with Crippen molar-refractivity contribution in [3.63, 3.8) is 0 Å². The molecular formula is C16H20N2O2S2. The van der Waals surface area contributed by atoms with Crippen LogP contribution in [0.4, 0.5) is 5.69 Å². The van der Waals surface area contributed by atoms with Crippen molar-refractivity contribution in [3.8, 4) is 0 Å². The number of hydrogen-bond donors (Lipinski definition) is 1. The number of anilines is 1. The van der Waals surface area contributed by atoms with Gasteiger partial charge < -0.3 is 5.32 Å². The highest BCUT2D eigenvalue weighted by molar-refractivity contribution is 7.94. The number of benzene rings is 1. The summed E-state index contributed by atoms with van der Waals surface area (Å²) >= 11 is 1.37. The molecule has 1 N–H and O–H groups in total. The topological polar surface area (TPSA) is 49.4 Å². The van der Waals surface area contributed by atoms with Gasteiger partial charge in [0.2, 0.25) is 0 Å². The molecule has 0 spiro atoms. The molecular weight excluding hydrogens is 316 g/mol. The van der Waals surface area contributed by atoms with E-state index in [9.17, 15) is 8.42 Å². The zero-order chi connectivity index (χ0) is 15.7. The SMILES string of the molecule is CCc1ccc(S(=O)(=O)N2CC(C)NCc3ccccc32)s1. The van der Waals surface area contributed by atoms with Gasteiger partial charge in [0, 0.05) is 24.0 Å². The monoisotopic (exact) mass is 336 g/mol. The van der Waals surface area contributed by atoms with Crippen molar-refractivity contribution in [1.82, 2.24) is 5.32 Å². The lowest BCUT2D eigenvalue weighted by molar-refractivity contribution is 0.557. The molecule has 118 valence electrons. The van der Waals surface area contributed by atoms with E-state index in [0.29, 0.717) is 17.3 Å². The van der Waals surface area contributed by atoms with Crippen LogP contribution in [0, 0.1) is 0 Å². The first kappa shape index (κ1) is 15.5. The Labute approximate surface area is 135 Å². The smallest absolute Gasteiger partial charge is 0.273 e. The van der Waals surface area contributed by atoms with Gasteiger partial charge in [0.15, 0.2) is 0 Å². The fourth-order valence-corrected chi connectivity index (χ4v) is 5.62. The largest absolute Gasteiger partial charge is 0.308 e. The Morgan fingerprint density at radius 2 is 2.05 bits per heavy atom. The van der Waals surface area contributed by atoms with Gasteiger partial charge in [-0.3, -0.25) is 4.31 Å². The number of nitrogens with one attached hydrogen (secondary N) is 1. The van der Waals surface area contributed by atoms with Crippen LogP contribution < -0.4 is 9.62 Å². The summed E-state index contributed by atoms with van der Waals surface area (Å²) in [5.74, 6) is 0. The molecule has 1 aliphatic rings. The first-order valence-electron chi connectivity index (χ1n) is 7.45. The van der Waals surface area contributed by atoms with Crippen LogP contribution in [0.5, 0.6) is 0 Å². The molecule has 1 aromatic carbocycles. The standard InChI is InChI=1S/C16H20N2O2S2/c1-3-14-8-9-16(21-14)22(19,20)18-11-12(2)17-10-13-6-4-5-7-15(13)18/h4-9,12,17H,3,10-11H2,1-2H3. The van der Waals surface area contributed by atoms with Crippen molar-refractivity contribution in [2.75, 3.05) is 10.8 Å². The summed E-state index contributed by atoms with van der Waals surface area (Å²) in [6, 6.07) is 11.4. The zero-order valence-electron chi connectivity index (χ0n) is 12.7. The Bertz CT molecular complexity index is 768. The van der Waals surface area contributed by atoms with Gasteiger partial charge in [0.05, 0.1) is 5.69 Å². The second kappa shape index (κ2) is 6.02. The van der Waals surface area contributed by atoms with E-state index in [0.717, 1.165) is 22.5 Å². The molecule has 1 atom stereocenters. The van der Waals surface area contributed by atoms with E-state index < -0.39 is 10.0 Å². The third-order valence-electron chi connectivity index (χ3n) is 3.87. The summed E-state index contributed by atoms with van der Waals surface area (Å²) in [5.41, 5.74) is 1.80. The molecule has 6 heteroatoms. The maximum Gasteiger partial charge on any atom is 0.273 e. The summed E-state index contributed by atoms with van der Waals surface area (Å²) in [6.07, 6.45) is 0.856. The summed E-state index contributed by atoms with van der Waals surface area (Å²) < 4.78 is 28.2. The number of thiophene rings is 1. The minimum atomic E-state index is -3.51. The molecule has 0 bridgehead atoms. The van der Waals surface area contributed by atoms with Gasteiger partial charge in [-0.2, -0.15) is 0 Å². The fourth-order valence-electron chi connectivity index (χ4n) is 2.62. The normalized spacial score (nSPS) is 18.8. The van der Waals surface area contributed by atoms with E-state index in [1.165, 1.54) is 11.3 Å². The average Bonchev–Trinajstić information content (AvgIpc) is 2.94. The lowest BCUT2D eigenvalue weighted by Gasteiger charge is -2.25. The van der Waals surface area contributed by atoms with E-state index in [1.807, 2.05) is 44.2 Å². The summed E-state index contributed by atoms with van der Waals surface area (Å²) in [5, 5.41) is 3.37. The third-order valence-corrected chi connectivity index (χ3v) is 7.35. The van der Waals surface area contributed by atoms with Gasteiger partial charge in [0.25, 0.3) is 10.0 Å². The Hall–Kier alpha value is -1.37. The van der Waals surface area contributed by atoms with Crippen LogP contribution in [-0.4, -0.2) is 21.0 Å². The Morgan fingerprint density at radius 1 is 1.27 bits per heavy atom. The third kappa shape index (κ3) is 2.78. The van der Waals surface area contributed by atoms with E-state index in [1.54, 1.807) is 10.4 Å². The number of para-hydroxylation sites is 1. The lowest BCUT2D eigenvalue weighted by atomic mass is 10.2. The zero-order valence-corrected chi connectivity index (χ0v) is 14.4. The van der Waals surface area contributed by atoms with Crippen molar-refractivity contribution in [2.24, 2.45) is 0 Å². The van der Waals surface area contributed by atoms with E-state index in [4.69, 9.17) is 0 Å². The molecule has 4 nitrogen and oxygen atoms in total. The highest BCUT2D eigenvalue weighted by Gasteiger charge is 2.30. The molecule has 2 heterocycles. The molecule has 3 rings (SSSR count). The second-order valence-corrected chi connectivity index (χ2v) is 8.78. The summed E-state index contributed by atoms with van der Waals surface area (Å²) in [7, 11) is -3.51. The molecule has 0 aliphatic carbocycles. The Morgan fingerprint density at radius 3 is 2.77 bits per heavy atom. The second-order valence-electron chi connectivity index (χ2n) is 5.52. The number of fused-ring (bicyclic) bond motifs is 1. The average molecular weight is 336 g/mol. The van der Waals surface area contributed by atoms with Crippen LogP contribution in [0.1, 0.15) is 24.3 Å². The van der Waals surface area contributed by atoms with Crippen molar-refractivity contribution in [1.29, 1.82) is 0 Å². The highest BCUT2D eigenvalue weighted by Crippen LogP contribution is 2.32. The quantitative estimate of drug-likeness (QED) is 0.937. The number of sulfonamides is 1. The number of nitrogens with zero attached hydrogens (tertiary/aromatic N) is 1. The first-order valence-corrected chi connectivity index (χ1v) is 9.70. The summed E-state index contributed by atoms with van der Waals surface area (Å²) in [4.78, 5) is 1.09. The van der Waals surface area contributed by atoms with Gasteiger partial charge >= 0.3 is 0 Å². The van der Waals surface area contributed by atoms with E-state index in [-0.39, 0.29) is 6.04 Å². The van der Waals surface area contributed by atoms with Crippen LogP contribution in [0.2, 0.25) is 0 Å². The van der Waals surface area contributed by atoms with Crippen LogP contribution in [0.3, 0.4) is 0 Å². The van der Waals surface area contributed by atoms with Gasteiger partial charge in [0.1, 0.15) is 4.21 Å². The maximum atomic E-state index is 13.1.